The lowest BCUT2D eigenvalue weighted by Crippen LogP contribution is -2.43. The van der Waals surface area contributed by atoms with Crippen molar-refractivity contribution in [3.05, 3.63) is 71.8 Å². The highest BCUT2D eigenvalue weighted by atomic mass is 16.5. The molecule has 6 heteroatoms. The maximum atomic E-state index is 11.8. The Balaban J connectivity index is 1.28. The van der Waals surface area contributed by atoms with Crippen molar-refractivity contribution in [2.24, 2.45) is 4.99 Å². The third-order valence-corrected chi connectivity index (χ3v) is 5.53. The summed E-state index contributed by atoms with van der Waals surface area (Å²) in [4.78, 5) is 18.5. The van der Waals surface area contributed by atoms with Crippen molar-refractivity contribution in [2.45, 2.75) is 31.8 Å². The number of guanidine groups is 1. The smallest absolute Gasteiger partial charge is 0.258 e. The van der Waals surface area contributed by atoms with Crippen LogP contribution in [0.3, 0.4) is 0 Å². The minimum atomic E-state index is -0.0561. The Morgan fingerprint density at radius 2 is 2.00 bits per heavy atom. The lowest BCUT2D eigenvalue weighted by Gasteiger charge is -2.30. The van der Waals surface area contributed by atoms with Crippen molar-refractivity contribution < 1.29 is 9.53 Å². The molecule has 31 heavy (non-hydrogen) atoms. The molecule has 2 aromatic carbocycles. The van der Waals surface area contributed by atoms with E-state index in [9.17, 15) is 4.79 Å². The topological polar surface area (TPSA) is 66.0 Å². The average molecular weight is 419 g/mol. The van der Waals surface area contributed by atoms with Gasteiger partial charge >= 0.3 is 0 Å². The van der Waals surface area contributed by atoms with E-state index >= 15 is 0 Å². The van der Waals surface area contributed by atoms with E-state index in [2.05, 4.69) is 50.9 Å². The van der Waals surface area contributed by atoms with Gasteiger partial charge in [0, 0.05) is 32.7 Å². The van der Waals surface area contributed by atoms with Gasteiger partial charge in [-0.25, -0.2) is 0 Å². The summed E-state index contributed by atoms with van der Waals surface area (Å²) >= 11 is 0. The van der Waals surface area contributed by atoms with Gasteiger partial charge in [-0.2, -0.15) is 0 Å². The molecule has 1 amide bonds. The zero-order valence-corrected chi connectivity index (χ0v) is 18.0. The monoisotopic (exact) mass is 418 g/mol. The molecule has 0 unspecified atom stereocenters. The Morgan fingerprint density at radius 3 is 2.71 bits per heavy atom. The Bertz CT molecular complexity index is 951. The summed E-state index contributed by atoms with van der Waals surface area (Å²) in [5.41, 5.74) is 3.77. The fraction of sp³-hybridized carbons (Fsp3) is 0.360. The molecule has 4 rings (SSSR count). The van der Waals surface area contributed by atoms with Gasteiger partial charge in [0.15, 0.2) is 12.6 Å². The molecule has 0 aromatic heterocycles. The van der Waals surface area contributed by atoms with E-state index < -0.39 is 0 Å². The molecular weight excluding hydrogens is 388 g/mol. The largest absolute Gasteiger partial charge is 0.484 e. The van der Waals surface area contributed by atoms with Crippen molar-refractivity contribution in [1.82, 2.24) is 15.5 Å². The summed E-state index contributed by atoms with van der Waals surface area (Å²) in [5, 5.41) is 6.38. The molecule has 0 atom stereocenters. The number of carbonyl (C=O) groups excluding carboxylic acids is 1. The quantitative estimate of drug-likeness (QED) is 0.535. The molecule has 1 saturated carbocycles. The molecule has 0 saturated heterocycles. The minimum absolute atomic E-state index is 0.0545. The predicted molar refractivity (Wildman–Crippen MR) is 124 cm³/mol. The zero-order chi connectivity index (χ0) is 21.5. The first-order chi connectivity index (χ1) is 15.2. The number of amides is 1. The summed E-state index contributed by atoms with van der Waals surface area (Å²) in [6.45, 7) is 2.46. The molecule has 162 valence electrons. The minimum Gasteiger partial charge on any atom is -0.484 e. The molecule has 0 spiro atoms. The van der Waals surface area contributed by atoms with Crippen molar-refractivity contribution >= 4 is 17.4 Å². The standard InChI is InChI=1S/C25H30N4O2/c1-26-25(29-14-12-21(13-15-29)20-7-3-2-4-8-20)27-17-19-6-5-9-23(16-19)31-18-24(30)28-22-10-11-22/h2-9,12,16,22H,10-11,13-15,17-18H2,1H3,(H,26,27)(H,28,30). The molecule has 6 nitrogen and oxygen atoms in total. The van der Waals surface area contributed by atoms with Crippen LogP contribution in [0, 0.1) is 0 Å². The number of hydrogen-bond acceptors (Lipinski definition) is 3. The van der Waals surface area contributed by atoms with Gasteiger partial charge in [0.05, 0.1) is 0 Å². The normalized spacial score (nSPS) is 16.5. The maximum Gasteiger partial charge on any atom is 0.258 e. The van der Waals surface area contributed by atoms with Crippen LogP contribution >= 0.6 is 0 Å². The Labute approximate surface area is 184 Å². The Hall–Kier alpha value is -3.28. The van der Waals surface area contributed by atoms with Gasteiger partial charge in [0.25, 0.3) is 5.91 Å². The van der Waals surface area contributed by atoms with Gasteiger partial charge in [0.2, 0.25) is 0 Å². The van der Waals surface area contributed by atoms with Crippen LogP contribution in [0.15, 0.2) is 65.7 Å². The van der Waals surface area contributed by atoms with Gasteiger partial charge in [-0.1, -0.05) is 48.5 Å². The number of carbonyl (C=O) groups is 1. The number of nitrogens with zero attached hydrogens (tertiary/aromatic N) is 2. The van der Waals surface area contributed by atoms with Crippen LogP contribution in [0.1, 0.15) is 30.4 Å². The summed E-state index contributed by atoms with van der Waals surface area (Å²) in [6.07, 6.45) is 5.44. The molecule has 1 aliphatic heterocycles. The first kappa shape index (κ1) is 21.0. The number of rotatable bonds is 7. The third-order valence-electron chi connectivity index (χ3n) is 5.53. The SMILES string of the molecule is CN=C(NCc1cccc(OCC(=O)NC2CC2)c1)N1CC=C(c2ccccc2)CC1. The second kappa shape index (κ2) is 10.2. The summed E-state index contributed by atoms with van der Waals surface area (Å²) in [7, 11) is 1.82. The van der Waals surface area contributed by atoms with Gasteiger partial charge in [-0.3, -0.25) is 9.79 Å². The number of aliphatic imine (C=N–C) groups is 1. The Morgan fingerprint density at radius 1 is 1.16 bits per heavy atom. The van der Waals surface area contributed by atoms with Crippen molar-refractivity contribution in [1.29, 1.82) is 0 Å². The average Bonchev–Trinajstić information content (AvgIpc) is 3.63. The van der Waals surface area contributed by atoms with Crippen LogP contribution in [-0.4, -0.2) is 49.6 Å². The molecule has 0 bridgehead atoms. The predicted octanol–water partition coefficient (Wildman–Crippen LogP) is 3.21. The molecule has 1 aliphatic carbocycles. The van der Waals surface area contributed by atoms with Crippen LogP contribution < -0.4 is 15.4 Å². The summed E-state index contributed by atoms with van der Waals surface area (Å²) < 4.78 is 5.65. The Kier molecular flexibility index (Phi) is 6.87. The van der Waals surface area contributed by atoms with E-state index in [0.717, 1.165) is 43.9 Å². The van der Waals surface area contributed by atoms with E-state index in [1.165, 1.54) is 11.1 Å². The second-order valence-corrected chi connectivity index (χ2v) is 7.97. The van der Waals surface area contributed by atoms with Crippen LogP contribution in [0.25, 0.3) is 5.57 Å². The van der Waals surface area contributed by atoms with E-state index in [-0.39, 0.29) is 12.5 Å². The van der Waals surface area contributed by atoms with Crippen LogP contribution in [0.2, 0.25) is 0 Å². The number of hydrogen-bond donors (Lipinski definition) is 2. The molecule has 1 fully saturated rings. The maximum absolute atomic E-state index is 11.8. The van der Waals surface area contributed by atoms with Gasteiger partial charge in [-0.15, -0.1) is 0 Å². The summed E-state index contributed by atoms with van der Waals surface area (Å²) in [6, 6.07) is 18.7. The van der Waals surface area contributed by atoms with Gasteiger partial charge in [-0.05, 0) is 48.1 Å². The fourth-order valence-electron chi connectivity index (χ4n) is 3.68. The van der Waals surface area contributed by atoms with Crippen molar-refractivity contribution in [2.75, 3.05) is 26.7 Å². The van der Waals surface area contributed by atoms with E-state index in [4.69, 9.17) is 4.74 Å². The van der Waals surface area contributed by atoms with Crippen LogP contribution in [-0.2, 0) is 11.3 Å². The van der Waals surface area contributed by atoms with Crippen molar-refractivity contribution in [3.63, 3.8) is 0 Å². The van der Waals surface area contributed by atoms with E-state index in [1.54, 1.807) is 0 Å². The van der Waals surface area contributed by atoms with E-state index in [0.29, 0.717) is 18.3 Å². The van der Waals surface area contributed by atoms with Gasteiger partial charge < -0.3 is 20.3 Å². The third kappa shape index (κ3) is 6.10. The lowest BCUT2D eigenvalue weighted by atomic mass is 10.00. The second-order valence-electron chi connectivity index (χ2n) is 7.97. The molecular formula is C25H30N4O2. The molecule has 1 heterocycles. The van der Waals surface area contributed by atoms with Crippen LogP contribution in [0.5, 0.6) is 5.75 Å². The zero-order valence-electron chi connectivity index (χ0n) is 18.0. The van der Waals surface area contributed by atoms with Crippen molar-refractivity contribution in [3.8, 4) is 5.75 Å². The highest BCUT2D eigenvalue weighted by Gasteiger charge is 2.23. The lowest BCUT2D eigenvalue weighted by molar-refractivity contribution is -0.123. The first-order valence-electron chi connectivity index (χ1n) is 10.9. The fourth-order valence-corrected chi connectivity index (χ4v) is 3.68. The number of ether oxygens (including phenoxy) is 1. The highest BCUT2D eigenvalue weighted by Crippen LogP contribution is 2.22. The van der Waals surface area contributed by atoms with Gasteiger partial charge in [0.1, 0.15) is 5.75 Å². The molecule has 0 radical (unpaired) electrons. The molecule has 2 aromatic rings. The number of nitrogens with one attached hydrogen (secondary N) is 2. The van der Waals surface area contributed by atoms with Crippen LogP contribution in [0.4, 0.5) is 0 Å². The molecule has 2 aliphatic rings. The number of benzene rings is 2. The molecule has 2 N–H and O–H groups in total. The van der Waals surface area contributed by atoms with E-state index in [1.807, 2.05) is 37.4 Å². The summed E-state index contributed by atoms with van der Waals surface area (Å²) in [5.74, 6) is 1.53. The highest BCUT2D eigenvalue weighted by molar-refractivity contribution is 5.81. The first-order valence-corrected chi connectivity index (χ1v) is 10.9.